The van der Waals surface area contributed by atoms with Crippen LogP contribution in [0.1, 0.15) is 42.9 Å². The summed E-state index contributed by atoms with van der Waals surface area (Å²) in [5.74, 6) is -1.32. The molecule has 202 valence electrons. The highest BCUT2D eigenvalue weighted by molar-refractivity contribution is 6.32. The van der Waals surface area contributed by atoms with Crippen LogP contribution < -0.4 is 5.32 Å². The molecule has 6 heteroatoms. The third-order valence-corrected chi connectivity index (χ3v) is 7.33. The maximum Gasteiger partial charge on any atom is 0.307 e. The molecule has 0 aromatic heterocycles. The summed E-state index contributed by atoms with van der Waals surface area (Å²) >= 11 is 0. The Morgan fingerprint density at radius 1 is 0.850 bits per heavy atom. The normalized spacial score (nSPS) is 13.6. The van der Waals surface area contributed by atoms with Gasteiger partial charge in [-0.05, 0) is 66.1 Å². The van der Waals surface area contributed by atoms with Crippen molar-refractivity contribution in [2.24, 2.45) is 0 Å². The van der Waals surface area contributed by atoms with Gasteiger partial charge < -0.3 is 15.5 Å². The molecule has 0 bridgehead atoms. The van der Waals surface area contributed by atoms with Crippen molar-refractivity contribution in [1.82, 2.24) is 0 Å². The summed E-state index contributed by atoms with van der Waals surface area (Å²) in [6.45, 7) is 2.02. The standard InChI is InChI=1S/C34H30FNO4/c1-2-23(10-6-8-21-7-5-9-22(17-21)18-32(38)39)33-28-19-27(29(35)20-30(28)36-34(33)40)25-15-13-24(14-16-25)26-11-3-4-12-31(26)37/h3-5,7,9,11-17,19-20,37H,2,6,8,10,18H2,1H3,(H,36,40)(H,38,39)/b33-23+. The number of anilines is 1. The summed E-state index contributed by atoms with van der Waals surface area (Å²) in [5.41, 5.74) is 7.21. The van der Waals surface area contributed by atoms with Gasteiger partial charge in [-0.15, -0.1) is 0 Å². The molecule has 1 aliphatic rings. The van der Waals surface area contributed by atoms with E-state index in [0.717, 1.165) is 35.1 Å². The van der Waals surface area contributed by atoms with Crippen LogP contribution in [0.5, 0.6) is 5.75 Å². The Bertz CT molecular complexity index is 1620. The lowest BCUT2D eigenvalue weighted by Gasteiger charge is -2.12. The van der Waals surface area contributed by atoms with Crippen LogP contribution in [0.2, 0.25) is 0 Å². The molecule has 0 spiro atoms. The number of hydrogen-bond acceptors (Lipinski definition) is 3. The molecule has 1 amide bonds. The number of carboxylic acid groups (broad SMARTS) is 1. The Hall–Kier alpha value is -4.71. The number of amides is 1. The average molecular weight is 536 g/mol. The second-order valence-electron chi connectivity index (χ2n) is 10.0. The summed E-state index contributed by atoms with van der Waals surface area (Å²) in [6.07, 6.45) is 2.93. The number of phenols is 1. The summed E-state index contributed by atoms with van der Waals surface area (Å²) < 4.78 is 15.2. The van der Waals surface area contributed by atoms with Gasteiger partial charge in [0.1, 0.15) is 11.6 Å². The first-order valence-electron chi connectivity index (χ1n) is 13.4. The van der Waals surface area contributed by atoms with Gasteiger partial charge in [0, 0.05) is 22.3 Å². The predicted molar refractivity (Wildman–Crippen MR) is 155 cm³/mol. The van der Waals surface area contributed by atoms with Crippen molar-refractivity contribution < 1.29 is 24.2 Å². The van der Waals surface area contributed by atoms with E-state index in [2.05, 4.69) is 5.32 Å². The van der Waals surface area contributed by atoms with Crippen LogP contribution >= 0.6 is 0 Å². The zero-order valence-electron chi connectivity index (χ0n) is 22.2. The van der Waals surface area contributed by atoms with Crippen molar-refractivity contribution in [3.8, 4) is 28.0 Å². The van der Waals surface area contributed by atoms with E-state index in [0.29, 0.717) is 46.4 Å². The minimum absolute atomic E-state index is 0.00853. The fourth-order valence-corrected chi connectivity index (χ4v) is 5.36. The second-order valence-corrected chi connectivity index (χ2v) is 10.0. The van der Waals surface area contributed by atoms with Crippen molar-refractivity contribution in [3.63, 3.8) is 0 Å². The highest BCUT2D eigenvalue weighted by Crippen LogP contribution is 2.40. The van der Waals surface area contributed by atoms with E-state index in [-0.39, 0.29) is 18.1 Å². The number of fused-ring (bicyclic) bond motifs is 1. The lowest BCUT2D eigenvalue weighted by Crippen LogP contribution is -2.06. The van der Waals surface area contributed by atoms with E-state index in [1.165, 1.54) is 6.07 Å². The molecular formula is C34H30FNO4. The van der Waals surface area contributed by atoms with E-state index in [4.69, 9.17) is 5.11 Å². The van der Waals surface area contributed by atoms with Crippen LogP contribution in [0.4, 0.5) is 10.1 Å². The van der Waals surface area contributed by atoms with Gasteiger partial charge in [0.15, 0.2) is 0 Å². The van der Waals surface area contributed by atoms with Crippen LogP contribution in [0.25, 0.3) is 27.8 Å². The number of benzene rings is 4. The molecule has 0 fully saturated rings. The average Bonchev–Trinajstić information content (AvgIpc) is 3.25. The number of aromatic hydroxyl groups is 1. The number of phenolic OH excluding ortho intramolecular Hbond substituents is 1. The van der Waals surface area contributed by atoms with Gasteiger partial charge in [0.25, 0.3) is 5.91 Å². The molecule has 5 nitrogen and oxygen atoms in total. The molecule has 4 aromatic carbocycles. The van der Waals surface area contributed by atoms with Gasteiger partial charge in [-0.3, -0.25) is 9.59 Å². The number of aryl methyl sites for hydroxylation is 1. The van der Waals surface area contributed by atoms with E-state index in [1.807, 2.05) is 67.6 Å². The fraction of sp³-hybridized carbons (Fsp3) is 0.176. The van der Waals surface area contributed by atoms with Gasteiger partial charge in [-0.1, -0.05) is 79.2 Å². The Kier molecular flexibility index (Phi) is 7.78. The lowest BCUT2D eigenvalue weighted by atomic mass is 9.92. The Morgan fingerprint density at radius 3 is 2.25 bits per heavy atom. The van der Waals surface area contributed by atoms with Gasteiger partial charge in [-0.25, -0.2) is 4.39 Å². The van der Waals surface area contributed by atoms with E-state index in [1.54, 1.807) is 18.2 Å². The van der Waals surface area contributed by atoms with Crippen molar-refractivity contribution >= 4 is 23.1 Å². The fourth-order valence-electron chi connectivity index (χ4n) is 5.36. The van der Waals surface area contributed by atoms with Crippen LogP contribution in [0.3, 0.4) is 0 Å². The maximum absolute atomic E-state index is 15.2. The highest BCUT2D eigenvalue weighted by Gasteiger charge is 2.28. The van der Waals surface area contributed by atoms with E-state index < -0.39 is 11.8 Å². The number of para-hydroxylation sites is 1. The van der Waals surface area contributed by atoms with Crippen molar-refractivity contribution in [2.75, 3.05) is 5.32 Å². The molecule has 5 rings (SSSR count). The predicted octanol–water partition coefficient (Wildman–Crippen LogP) is 7.63. The Labute approximate surface area is 232 Å². The first-order chi connectivity index (χ1) is 19.3. The van der Waals surface area contributed by atoms with Crippen molar-refractivity contribution in [3.05, 3.63) is 113 Å². The number of carboxylic acids is 1. The number of allylic oxidation sites excluding steroid dienone is 1. The summed E-state index contributed by atoms with van der Waals surface area (Å²) in [6, 6.07) is 25.1. The number of aliphatic carboxylic acids is 1. The number of carbonyl (C=O) groups is 2. The number of nitrogens with one attached hydrogen (secondary N) is 1. The largest absolute Gasteiger partial charge is 0.507 e. The molecule has 0 aliphatic carbocycles. The van der Waals surface area contributed by atoms with Crippen LogP contribution in [-0.2, 0) is 22.4 Å². The lowest BCUT2D eigenvalue weighted by molar-refractivity contribution is -0.136. The molecule has 1 heterocycles. The van der Waals surface area contributed by atoms with Crippen LogP contribution in [0.15, 0.2) is 90.5 Å². The van der Waals surface area contributed by atoms with Gasteiger partial charge >= 0.3 is 5.97 Å². The molecule has 40 heavy (non-hydrogen) atoms. The molecule has 1 aliphatic heterocycles. The second kappa shape index (κ2) is 11.6. The van der Waals surface area contributed by atoms with Gasteiger partial charge in [0.2, 0.25) is 0 Å². The smallest absolute Gasteiger partial charge is 0.307 e. The quantitative estimate of drug-likeness (QED) is 0.192. The third-order valence-electron chi connectivity index (χ3n) is 7.33. The summed E-state index contributed by atoms with van der Waals surface area (Å²) in [7, 11) is 0. The molecule has 4 aromatic rings. The molecule has 0 saturated heterocycles. The summed E-state index contributed by atoms with van der Waals surface area (Å²) in [4.78, 5) is 24.1. The van der Waals surface area contributed by atoms with Crippen LogP contribution in [0, 0.1) is 5.82 Å². The molecule has 0 atom stereocenters. The SMILES string of the molecule is CC/C(CCCc1cccc(CC(=O)O)c1)=C1\C(=O)Nc2cc(F)c(-c3ccc(-c4ccccc4O)cc3)cc21. The molecule has 0 unspecified atom stereocenters. The van der Waals surface area contributed by atoms with Crippen molar-refractivity contribution in [1.29, 1.82) is 0 Å². The van der Waals surface area contributed by atoms with Gasteiger partial charge in [0.05, 0.1) is 12.1 Å². The minimum atomic E-state index is -0.858. The monoisotopic (exact) mass is 535 g/mol. The maximum atomic E-state index is 15.2. The number of rotatable bonds is 9. The topological polar surface area (TPSA) is 86.6 Å². The number of hydrogen-bond donors (Lipinski definition) is 3. The first-order valence-corrected chi connectivity index (χ1v) is 13.4. The van der Waals surface area contributed by atoms with E-state index >= 15 is 4.39 Å². The highest BCUT2D eigenvalue weighted by atomic mass is 19.1. The van der Waals surface area contributed by atoms with E-state index in [9.17, 15) is 14.7 Å². The third kappa shape index (κ3) is 5.66. The van der Waals surface area contributed by atoms with Crippen molar-refractivity contribution in [2.45, 2.75) is 39.0 Å². The molecular weight excluding hydrogens is 505 g/mol. The number of halogens is 1. The van der Waals surface area contributed by atoms with Gasteiger partial charge in [-0.2, -0.15) is 0 Å². The van der Waals surface area contributed by atoms with Crippen LogP contribution in [-0.4, -0.2) is 22.1 Å². The molecule has 0 radical (unpaired) electrons. The number of carbonyl (C=O) groups excluding carboxylic acids is 1. The summed E-state index contributed by atoms with van der Waals surface area (Å²) in [5, 5.41) is 22.1. The Morgan fingerprint density at radius 2 is 1.55 bits per heavy atom. The molecule has 3 N–H and O–H groups in total. The zero-order valence-corrected chi connectivity index (χ0v) is 22.2. The zero-order chi connectivity index (χ0) is 28.2. The minimum Gasteiger partial charge on any atom is -0.507 e. The Balaban J connectivity index is 1.40. The first kappa shape index (κ1) is 26.9. The molecule has 0 saturated carbocycles.